The van der Waals surface area contributed by atoms with E-state index in [1.807, 2.05) is 18.2 Å². The van der Waals surface area contributed by atoms with Gasteiger partial charge in [0.25, 0.3) is 0 Å². The van der Waals surface area contributed by atoms with Crippen molar-refractivity contribution in [1.29, 1.82) is 0 Å². The van der Waals surface area contributed by atoms with Crippen LogP contribution in [0.4, 0.5) is 5.82 Å². The lowest BCUT2D eigenvalue weighted by Gasteiger charge is -2.33. The average Bonchev–Trinajstić information content (AvgIpc) is 3.27. The highest BCUT2D eigenvalue weighted by molar-refractivity contribution is 7.99. The fraction of sp³-hybridized carbons (Fsp3) is 0.476. The number of nitrogens with zero attached hydrogens (tertiary/aromatic N) is 3. The molecule has 0 aliphatic carbocycles. The highest BCUT2D eigenvalue weighted by Gasteiger charge is 2.28. The fourth-order valence-electron chi connectivity index (χ4n) is 3.75. The standard InChI is InChI=1S/C21H26N4O2S/c26-20(24-14-17-7-5-13-27-17)16-6-4-12-25(15-16)19-21(23-11-10-22-19)28-18-8-2-1-3-9-18/h1-3,8-11,16-17H,4-7,12-15H2,(H,24,26). The van der Waals surface area contributed by atoms with Gasteiger partial charge < -0.3 is 15.0 Å². The number of aromatic nitrogens is 2. The zero-order valence-electron chi connectivity index (χ0n) is 15.9. The molecular formula is C21H26N4O2S. The van der Waals surface area contributed by atoms with Gasteiger partial charge in [-0.2, -0.15) is 0 Å². The summed E-state index contributed by atoms with van der Waals surface area (Å²) in [6, 6.07) is 10.2. The van der Waals surface area contributed by atoms with E-state index < -0.39 is 0 Å². The van der Waals surface area contributed by atoms with E-state index in [1.165, 1.54) is 0 Å². The van der Waals surface area contributed by atoms with E-state index in [2.05, 4.69) is 32.3 Å². The molecule has 1 amide bonds. The second-order valence-electron chi connectivity index (χ2n) is 7.27. The zero-order valence-corrected chi connectivity index (χ0v) is 16.7. The quantitative estimate of drug-likeness (QED) is 0.806. The Labute approximate surface area is 170 Å². The molecule has 6 nitrogen and oxygen atoms in total. The van der Waals surface area contributed by atoms with Crippen LogP contribution in [0.2, 0.25) is 0 Å². The van der Waals surface area contributed by atoms with Gasteiger partial charge in [-0.05, 0) is 37.8 Å². The van der Waals surface area contributed by atoms with Crippen LogP contribution in [-0.4, -0.2) is 48.2 Å². The Morgan fingerprint density at radius 2 is 2.04 bits per heavy atom. The zero-order chi connectivity index (χ0) is 19.2. The fourth-order valence-corrected chi connectivity index (χ4v) is 4.66. The molecule has 2 unspecified atom stereocenters. The maximum Gasteiger partial charge on any atom is 0.224 e. The first-order valence-corrected chi connectivity index (χ1v) is 10.8. The number of carbonyl (C=O) groups excluding carboxylic acids is 1. The molecule has 0 saturated carbocycles. The summed E-state index contributed by atoms with van der Waals surface area (Å²) >= 11 is 1.61. The molecule has 1 aromatic carbocycles. The molecule has 0 spiro atoms. The summed E-state index contributed by atoms with van der Waals surface area (Å²) in [6.45, 7) is 3.01. The van der Waals surface area contributed by atoms with Crippen molar-refractivity contribution in [3.8, 4) is 0 Å². The predicted octanol–water partition coefficient (Wildman–Crippen LogP) is 3.14. The summed E-state index contributed by atoms with van der Waals surface area (Å²) in [5.41, 5.74) is 0. The van der Waals surface area contributed by atoms with E-state index in [0.717, 1.165) is 54.6 Å². The maximum atomic E-state index is 12.7. The maximum absolute atomic E-state index is 12.7. The van der Waals surface area contributed by atoms with Gasteiger partial charge in [0.2, 0.25) is 5.91 Å². The molecule has 0 radical (unpaired) electrons. The van der Waals surface area contributed by atoms with E-state index in [9.17, 15) is 4.79 Å². The van der Waals surface area contributed by atoms with Crippen LogP contribution in [0.5, 0.6) is 0 Å². The number of nitrogens with one attached hydrogen (secondary N) is 1. The number of rotatable bonds is 6. The van der Waals surface area contributed by atoms with Gasteiger partial charge in [0.05, 0.1) is 12.0 Å². The molecule has 3 heterocycles. The Hall–Kier alpha value is -2.12. The van der Waals surface area contributed by atoms with Gasteiger partial charge in [-0.3, -0.25) is 4.79 Å². The molecule has 2 atom stereocenters. The van der Waals surface area contributed by atoms with Crippen LogP contribution in [0, 0.1) is 5.92 Å². The smallest absolute Gasteiger partial charge is 0.224 e. The molecular weight excluding hydrogens is 372 g/mol. The van der Waals surface area contributed by atoms with Crippen molar-refractivity contribution in [2.45, 2.75) is 41.7 Å². The first-order valence-electron chi connectivity index (χ1n) is 9.98. The average molecular weight is 399 g/mol. The third kappa shape index (κ3) is 4.83. The molecule has 2 fully saturated rings. The van der Waals surface area contributed by atoms with Crippen molar-refractivity contribution in [2.75, 3.05) is 31.1 Å². The van der Waals surface area contributed by atoms with Crippen LogP contribution in [-0.2, 0) is 9.53 Å². The van der Waals surface area contributed by atoms with Crippen molar-refractivity contribution >= 4 is 23.5 Å². The minimum Gasteiger partial charge on any atom is -0.376 e. The molecule has 2 aromatic rings. The topological polar surface area (TPSA) is 67.3 Å². The van der Waals surface area contributed by atoms with Crippen LogP contribution in [0.25, 0.3) is 0 Å². The van der Waals surface area contributed by atoms with Gasteiger partial charge in [0.1, 0.15) is 5.03 Å². The normalized spacial score (nSPS) is 22.2. The minimum absolute atomic E-state index is 0.0215. The van der Waals surface area contributed by atoms with Crippen molar-refractivity contribution < 1.29 is 9.53 Å². The summed E-state index contributed by atoms with van der Waals surface area (Å²) in [4.78, 5) is 25.2. The van der Waals surface area contributed by atoms with E-state index >= 15 is 0 Å². The van der Waals surface area contributed by atoms with Crippen molar-refractivity contribution in [3.63, 3.8) is 0 Å². The van der Waals surface area contributed by atoms with Crippen molar-refractivity contribution in [2.24, 2.45) is 5.92 Å². The second kappa shape index (κ2) is 9.39. The molecule has 28 heavy (non-hydrogen) atoms. The first-order chi connectivity index (χ1) is 13.8. The summed E-state index contributed by atoms with van der Waals surface area (Å²) in [7, 11) is 0. The monoisotopic (exact) mass is 398 g/mol. The third-order valence-corrected chi connectivity index (χ3v) is 6.21. The number of carbonyl (C=O) groups is 1. The van der Waals surface area contributed by atoms with E-state index in [0.29, 0.717) is 13.1 Å². The molecule has 1 N–H and O–H groups in total. The summed E-state index contributed by atoms with van der Waals surface area (Å²) in [5.74, 6) is 0.973. The van der Waals surface area contributed by atoms with Crippen LogP contribution >= 0.6 is 11.8 Å². The number of amides is 1. The highest BCUT2D eigenvalue weighted by atomic mass is 32.2. The molecule has 148 valence electrons. The van der Waals surface area contributed by atoms with Crippen LogP contribution in [0.15, 0.2) is 52.6 Å². The van der Waals surface area contributed by atoms with E-state index in [4.69, 9.17) is 4.74 Å². The van der Waals surface area contributed by atoms with E-state index in [1.54, 1.807) is 24.2 Å². The molecule has 7 heteroatoms. The lowest BCUT2D eigenvalue weighted by molar-refractivity contribution is -0.125. The Morgan fingerprint density at radius 3 is 2.86 bits per heavy atom. The Morgan fingerprint density at radius 1 is 1.18 bits per heavy atom. The number of anilines is 1. The molecule has 0 bridgehead atoms. The highest BCUT2D eigenvalue weighted by Crippen LogP contribution is 2.33. The number of ether oxygens (including phenoxy) is 1. The lowest BCUT2D eigenvalue weighted by Crippen LogP contribution is -2.45. The van der Waals surface area contributed by atoms with Crippen LogP contribution in [0.3, 0.4) is 0 Å². The number of hydrogen-bond donors (Lipinski definition) is 1. The van der Waals surface area contributed by atoms with Crippen molar-refractivity contribution in [3.05, 3.63) is 42.7 Å². The summed E-state index contributed by atoms with van der Waals surface area (Å²) < 4.78 is 5.61. The van der Waals surface area contributed by atoms with Gasteiger partial charge >= 0.3 is 0 Å². The number of hydrogen-bond acceptors (Lipinski definition) is 6. The van der Waals surface area contributed by atoms with Gasteiger partial charge in [-0.15, -0.1) is 0 Å². The molecule has 4 rings (SSSR count). The van der Waals surface area contributed by atoms with Gasteiger partial charge in [-0.1, -0.05) is 30.0 Å². The van der Waals surface area contributed by atoms with E-state index in [-0.39, 0.29) is 17.9 Å². The number of benzene rings is 1. The van der Waals surface area contributed by atoms with Crippen molar-refractivity contribution in [1.82, 2.24) is 15.3 Å². The Bertz CT molecular complexity index is 783. The SMILES string of the molecule is O=C(NCC1CCCO1)C1CCCN(c2nccnc2Sc2ccccc2)C1. The molecule has 1 aromatic heterocycles. The largest absolute Gasteiger partial charge is 0.376 e. The Balaban J connectivity index is 1.40. The van der Waals surface area contributed by atoms with Gasteiger partial charge in [0, 0.05) is 43.5 Å². The number of piperidine rings is 1. The van der Waals surface area contributed by atoms with Gasteiger partial charge in [0.15, 0.2) is 5.82 Å². The third-order valence-electron chi connectivity index (χ3n) is 5.22. The molecule has 2 aliphatic rings. The second-order valence-corrected chi connectivity index (χ2v) is 8.33. The lowest BCUT2D eigenvalue weighted by atomic mass is 9.97. The van der Waals surface area contributed by atoms with Crippen LogP contribution < -0.4 is 10.2 Å². The molecule has 2 saturated heterocycles. The predicted molar refractivity (Wildman–Crippen MR) is 110 cm³/mol. The molecule has 2 aliphatic heterocycles. The summed E-state index contributed by atoms with van der Waals surface area (Å²) in [6.07, 6.45) is 7.65. The Kier molecular flexibility index (Phi) is 6.44. The minimum atomic E-state index is -0.0215. The first kappa shape index (κ1) is 19.2. The summed E-state index contributed by atoms with van der Waals surface area (Å²) in [5, 5.41) is 3.97. The van der Waals surface area contributed by atoms with Gasteiger partial charge in [-0.25, -0.2) is 9.97 Å². The van der Waals surface area contributed by atoms with Crippen LogP contribution in [0.1, 0.15) is 25.7 Å².